The van der Waals surface area contributed by atoms with E-state index in [0.29, 0.717) is 19.6 Å². The molecule has 0 saturated carbocycles. The molecule has 0 aromatic heterocycles. The summed E-state index contributed by atoms with van der Waals surface area (Å²) in [6, 6.07) is 16.6. The highest BCUT2D eigenvalue weighted by Crippen LogP contribution is 2.33. The molecule has 1 heterocycles. The SMILES string of the molecule is O=C(O)c1ccc(CCNC(=O)C2CCCOC2c2ccccc2)cc1. The zero-order valence-electron chi connectivity index (χ0n) is 14.6. The van der Waals surface area contributed by atoms with E-state index in [9.17, 15) is 9.59 Å². The first-order valence-electron chi connectivity index (χ1n) is 8.91. The molecule has 3 rings (SSSR count). The van der Waals surface area contributed by atoms with Gasteiger partial charge in [0.05, 0.1) is 17.6 Å². The van der Waals surface area contributed by atoms with Crippen LogP contribution in [-0.4, -0.2) is 30.1 Å². The second kappa shape index (κ2) is 8.63. The fourth-order valence-corrected chi connectivity index (χ4v) is 3.30. The second-order valence-electron chi connectivity index (χ2n) is 6.49. The maximum atomic E-state index is 12.6. The third-order valence-electron chi connectivity index (χ3n) is 4.70. The van der Waals surface area contributed by atoms with Crippen LogP contribution in [0.3, 0.4) is 0 Å². The zero-order chi connectivity index (χ0) is 18.4. The molecule has 1 fully saturated rings. The maximum Gasteiger partial charge on any atom is 0.335 e. The number of rotatable bonds is 6. The Labute approximate surface area is 153 Å². The van der Waals surface area contributed by atoms with Crippen LogP contribution in [0.15, 0.2) is 54.6 Å². The molecule has 136 valence electrons. The molecule has 5 heteroatoms. The Balaban J connectivity index is 1.55. The number of nitrogens with one attached hydrogen (secondary N) is 1. The van der Waals surface area contributed by atoms with Gasteiger partial charge >= 0.3 is 5.97 Å². The number of carboxylic acids is 1. The van der Waals surface area contributed by atoms with E-state index in [1.54, 1.807) is 24.3 Å². The predicted octanol–water partition coefficient (Wildman–Crippen LogP) is 3.21. The van der Waals surface area contributed by atoms with Crippen molar-refractivity contribution in [2.24, 2.45) is 5.92 Å². The summed E-state index contributed by atoms with van der Waals surface area (Å²) in [5, 5.41) is 11.9. The molecule has 2 aromatic rings. The molecule has 2 N–H and O–H groups in total. The first kappa shape index (κ1) is 18.1. The summed E-state index contributed by atoms with van der Waals surface area (Å²) >= 11 is 0. The summed E-state index contributed by atoms with van der Waals surface area (Å²) in [7, 11) is 0. The molecule has 1 amide bonds. The van der Waals surface area contributed by atoms with Crippen molar-refractivity contribution < 1.29 is 19.4 Å². The van der Waals surface area contributed by atoms with Gasteiger partial charge in [-0.15, -0.1) is 0 Å². The number of benzene rings is 2. The summed E-state index contributed by atoms with van der Waals surface area (Å²) in [6.45, 7) is 1.20. The molecule has 0 radical (unpaired) electrons. The van der Waals surface area contributed by atoms with E-state index in [-0.39, 0.29) is 23.5 Å². The van der Waals surface area contributed by atoms with Crippen molar-refractivity contribution in [1.82, 2.24) is 5.32 Å². The smallest absolute Gasteiger partial charge is 0.335 e. The number of hydrogen-bond acceptors (Lipinski definition) is 3. The summed E-state index contributed by atoms with van der Waals surface area (Å²) in [5.74, 6) is -1.10. The lowest BCUT2D eigenvalue weighted by Gasteiger charge is -2.31. The van der Waals surface area contributed by atoms with E-state index in [1.165, 1.54) is 0 Å². The van der Waals surface area contributed by atoms with Gasteiger partial charge in [-0.05, 0) is 42.5 Å². The van der Waals surface area contributed by atoms with Crippen LogP contribution < -0.4 is 5.32 Å². The Morgan fingerprint density at radius 2 is 1.81 bits per heavy atom. The van der Waals surface area contributed by atoms with E-state index < -0.39 is 5.97 Å². The van der Waals surface area contributed by atoms with E-state index in [4.69, 9.17) is 9.84 Å². The van der Waals surface area contributed by atoms with E-state index in [0.717, 1.165) is 24.0 Å². The molecular weight excluding hydrogens is 330 g/mol. The largest absolute Gasteiger partial charge is 0.478 e. The highest BCUT2D eigenvalue weighted by Gasteiger charge is 2.32. The third kappa shape index (κ3) is 4.49. The average molecular weight is 353 g/mol. The van der Waals surface area contributed by atoms with Gasteiger partial charge in [0.2, 0.25) is 5.91 Å². The van der Waals surface area contributed by atoms with Gasteiger partial charge in [0, 0.05) is 13.2 Å². The van der Waals surface area contributed by atoms with Crippen LogP contribution in [0.4, 0.5) is 0 Å². The van der Waals surface area contributed by atoms with Crippen molar-refractivity contribution in [2.75, 3.05) is 13.2 Å². The van der Waals surface area contributed by atoms with Crippen LogP contribution in [0.1, 0.15) is 40.4 Å². The Morgan fingerprint density at radius 1 is 1.08 bits per heavy atom. The molecule has 1 aliphatic heterocycles. The monoisotopic (exact) mass is 353 g/mol. The standard InChI is InChI=1S/C21H23NO4/c23-20(22-13-12-15-8-10-17(11-9-15)21(24)25)18-7-4-14-26-19(18)16-5-2-1-3-6-16/h1-3,5-6,8-11,18-19H,4,7,12-14H2,(H,22,23)(H,24,25). The van der Waals surface area contributed by atoms with Gasteiger partial charge in [0.25, 0.3) is 0 Å². The van der Waals surface area contributed by atoms with Crippen LogP contribution in [0.5, 0.6) is 0 Å². The van der Waals surface area contributed by atoms with Crippen LogP contribution in [0.25, 0.3) is 0 Å². The fourth-order valence-electron chi connectivity index (χ4n) is 3.30. The van der Waals surface area contributed by atoms with Crippen LogP contribution in [-0.2, 0) is 16.0 Å². The average Bonchev–Trinajstić information content (AvgIpc) is 2.69. The number of carbonyl (C=O) groups excluding carboxylic acids is 1. The minimum atomic E-state index is -0.936. The van der Waals surface area contributed by atoms with Gasteiger partial charge in [-0.3, -0.25) is 4.79 Å². The number of hydrogen-bond donors (Lipinski definition) is 2. The van der Waals surface area contributed by atoms with Gasteiger partial charge in [0.15, 0.2) is 0 Å². The Bertz CT molecular complexity index is 742. The molecule has 26 heavy (non-hydrogen) atoms. The van der Waals surface area contributed by atoms with Crippen molar-refractivity contribution >= 4 is 11.9 Å². The summed E-state index contributed by atoms with van der Waals surface area (Å²) < 4.78 is 5.88. The molecule has 2 unspecified atom stereocenters. The lowest BCUT2D eigenvalue weighted by atomic mass is 9.88. The fraction of sp³-hybridized carbons (Fsp3) is 0.333. The Hall–Kier alpha value is -2.66. The van der Waals surface area contributed by atoms with Crippen molar-refractivity contribution in [3.8, 4) is 0 Å². The lowest BCUT2D eigenvalue weighted by molar-refractivity contribution is -0.134. The number of carboxylic acid groups (broad SMARTS) is 1. The number of carbonyl (C=O) groups is 2. The first-order chi connectivity index (χ1) is 12.6. The molecule has 5 nitrogen and oxygen atoms in total. The summed E-state index contributed by atoms with van der Waals surface area (Å²) in [5.41, 5.74) is 2.30. The van der Waals surface area contributed by atoms with Crippen molar-refractivity contribution in [1.29, 1.82) is 0 Å². The molecule has 0 bridgehead atoms. The van der Waals surface area contributed by atoms with E-state index >= 15 is 0 Å². The quantitative estimate of drug-likeness (QED) is 0.836. The van der Waals surface area contributed by atoms with Crippen LogP contribution in [0.2, 0.25) is 0 Å². The number of aromatic carboxylic acids is 1. The maximum absolute atomic E-state index is 12.6. The van der Waals surface area contributed by atoms with Crippen molar-refractivity contribution in [3.05, 3.63) is 71.3 Å². The lowest BCUT2D eigenvalue weighted by Crippen LogP contribution is -2.38. The van der Waals surface area contributed by atoms with Crippen LogP contribution >= 0.6 is 0 Å². The molecule has 1 aliphatic rings. The molecular formula is C21H23NO4. The Morgan fingerprint density at radius 3 is 2.50 bits per heavy atom. The van der Waals surface area contributed by atoms with E-state index in [1.807, 2.05) is 30.3 Å². The zero-order valence-corrected chi connectivity index (χ0v) is 14.6. The van der Waals surface area contributed by atoms with Crippen molar-refractivity contribution in [2.45, 2.75) is 25.4 Å². The minimum Gasteiger partial charge on any atom is -0.478 e. The topological polar surface area (TPSA) is 75.6 Å². The van der Waals surface area contributed by atoms with Crippen molar-refractivity contribution in [3.63, 3.8) is 0 Å². The number of amides is 1. The van der Waals surface area contributed by atoms with Crippen LogP contribution in [0, 0.1) is 5.92 Å². The normalized spacial score (nSPS) is 19.7. The summed E-state index contributed by atoms with van der Waals surface area (Å²) in [4.78, 5) is 23.5. The van der Waals surface area contributed by atoms with Gasteiger partial charge < -0.3 is 15.2 Å². The predicted molar refractivity (Wildman–Crippen MR) is 98.0 cm³/mol. The van der Waals surface area contributed by atoms with E-state index in [2.05, 4.69) is 5.32 Å². The van der Waals surface area contributed by atoms with Gasteiger partial charge in [-0.25, -0.2) is 4.79 Å². The Kier molecular flexibility index (Phi) is 6.02. The number of ether oxygens (including phenoxy) is 1. The highest BCUT2D eigenvalue weighted by atomic mass is 16.5. The first-order valence-corrected chi connectivity index (χ1v) is 8.91. The highest BCUT2D eigenvalue weighted by molar-refractivity contribution is 5.87. The molecule has 1 saturated heterocycles. The second-order valence-corrected chi connectivity index (χ2v) is 6.49. The molecule has 2 atom stereocenters. The minimum absolute atomic E-state index is 0.0145. The van der Waals surface area contributed by atoms with Gasteiger partial charge in [-0.1, -0.05) is 42.5 Å². The van der Waals surface area contributed by atoms with Gasteiger partial charge in [0.1, 0.15) is 0 Å². The summed E-state index contributed by atoms with van der Waals surface area (Å²) in [6.07, 6.45) is 2.17. The molecule has 0 aliphatic carbocycles. The van der Waals surface area contributed by atoms with Gasteiger partial charge in [-0.2, -0.15) is 0 Å². The molecule has 0 spiro atoms. The third-order valence-corrected chi connectivity index (χ3v) is 4.70. The molecule has 2 aromatic carbocycles.